The highest BCUT2D eigenvalue weighted by Crippen LogP contribution is 2.22. The lowest BCUT2D eigenvalue weighted by molar-refractivity contribution is 0.214. The van der Waals surface area contributed by atoms with Crippen LogP contribution < -0.4 is 4.74 Å². The molecule has 1 N–H and O–H groups in total. The molecule has 0 bridgehead atoms. The number of aromatic nitrogens is 3. The Balaban J connectivity index is 2.33. The number of hydrogen-bond donors (Lipinski definition) is 1. The van der Waals surface area contributed by atoms with Crippen LogP contribution in [0.4, 0.5) is 0 Å². The van der Waals surface area contributed by atoms with Gasteiger partial charge in [0.2, 0.25) is 0 Å². The minimum absolute atomic E-state index is 0.549. The van der Waals surface area contributed by atoms with Crippen LogP contribution in [0.2, 0.25) is 0 Å². The van der Waals surface area contributed by atoms with Gasteiger partial charge in [0.15, 0.2) is 0 Å². The summed E-state index contributed by atoms with van der Waals surface area (Å²) in [5.74, 6) is 1.23. The number of rotatable bonds is 3. The minimum atomic E-state index is -0.820. The first-order valence-corrected chi connectivity index (χ1v) is 5.17. The second-order valence-electron chi connectivity index (χ2n) is 3.59. The molecule has 2 aromatic rings. The van der Waals surface area contributed by atoms with Crippen LogP contribution in [0.5, 0.6) is 5.75 Å². The lowest BCUT2D eigenvalue weighted by Gasteiger charge is -2.11. The van der Waals surface area contributed by atoms with Crippen molar-refractivity contribution < 1.29 is 9.84 Å². The van der Waals surface area contributed by atoms with Crippen LogP contribution >= 0.6 is 0 Å². The van der Waals surface area contributed by atoms with E-state index in [0.717, 1.165) is 0 Å². The van der Waals surface area contributed by atoms with Crippen molar-refractivity contribution >= 4 is 0 Å². The van der Waals surface area contributed by atoms with Crippen LogP contribution in [-0.2, 0) is 0 Å². The van der Waals surface area contributed by atoms with Gasteiger partial charge in [0, 0.05) is 18.0 Å². The first-order chi connectivity index (χ1) is 8.20. The zero-order chi connectivity index (χ0) is 12.3. The Labute approximate surface area is 99.2 Å². The van der Waals surface area contributed by atoms with Crippen LogP contribution in [0, 0.1) is 6.92 Å². The normalized spacial score (nSPS) is 12.2. The molecule has 0 saturated carbocycles. The van der Waals surface area contributed by atoms with E-state index >= 15 is 0 Å². The molecule has 88 valence electrons. The number of aryl methyl sites for hydroxylation is 1. The van der Waals surface area contributed by atoms with E-state index in [-0.39, 0.29) is 0 Å². The fourth-order valence-electron chi connectivity index (χ4n) is 1.49. The number of ether oxygens (including phenoxy) is 1. The van der Waals surface area contributed by atoms with E-state index in [1.165, 1.54) is 0 Å². The van der Waals surface area contributed by atoms with Gasteiger partial charge in [-0.3, -0.25) is 4.98 Å². The highest BCUT2D eigenvalue weighted by molar-refractivity contribution is 5.29. The third-order valence-electron chi connectivity index (χ3n) is 2.36. The number of methoxy groups -OCH3 is 1. The summed E-state index contributed by atoms with van der Waals surface area (Å²) >= 11 is 0. The topological polar surface area (TPSA) is 68.1 Å². The Hall–Kier alpha value is -2.01. The molecule has 0 amide bonds. The highest BCUT2D eigenvalue weighted by Gasteiger charge is 2.13. The van der Waals surface area contributed by atoms with E-state index in [9.17, 15) is 5.11 Å². The molecular weight excluding hydrogens is 218 g/mol. The molecule has 2 rings (SSSR count). The Kier molecular flexibility index (Phi) is 3.30. The second kappa shape index (κ2) is 4.88. The third kappa shape index (κ3) is 2.57. The quantitative estimate of drug-likeness (QED) is 0.861. The van der Waals surface area contributed by atoms with E-state index in [0.29, 0.717) is 22.8 Å². The van der Waals surface area contributed by atoms with Crippen LogP contribution in [0.1, 0.15) is 23.2 Å². The fourth-order valence-corrected chi connectivity index (χ4v) is 1.49. The molecule has 5 heteroatoms. The number of nitrogens with zero attached hydrogens (tertiary/aromatic N) is 3. The second-order valence-corrected chi connectivity index (χ2v) is 3.59. The van der Waals surface area contributed by atoms with Gasteiger partial charge >= 0.3 is 0 Å². The molecule has 0 aromatic carbocycles. The molecule has 0 aliphatic heterocycles. The summed E-state index contributed by atoms with van der Waals surface area (Å²) in [6, 6.07) is 3.41. The lowest BCUT2D eigenvalue weighted by Crippen LogP contribution is -2.04. The van der Waals surface area contributed by atoms with Gasteiger partial charge < -0.3 is 9.84 Å². The molecule has 5 nitrogen and oxygen atoms in total. The Bertz CT molecular complexity index is 517. The molecular formula is C12H13N3O2. The summed E-state index contributed by atoms with van der Waals surface area (Å²) < 4.78 is 5.06. The molecule has 0 saturated heterocycles. The van der Waals surface area contributed by atoms with Gasteiger partial charge in [-0.2, -0.15) is 0 Å². The van der Waals surface area contributed by atoms with Gasteiger partial charge in [0.05, 0.1) is 19.0 Å². The summed E-state index contributed by atoms with van der Waals surface area (Å²) in [7, 11) is 1.56. The molecule has 1 unspecified atom stereocenters. The van der Waals surface area contributed by atoms with Crippen molar-refractivity contribution in [3.8, 4) is 5.75 Å². The maximum absolute atomic E-state index is 10.2. The molecule has 2 heterocycles. The number of aliphatic hydroxyl groups excluding tert-OH is 1. The van der Waals surface area contributed by atoms with E-state index < -0.39 is 6.10 Å². The predicted molar refractivity (Wildman–Crippen MR) is 61.6 cm³/mol. The summed E-state index contributed by atoms with van der Waals surface area (Å²) in [4.78, 5) is 12.2. The first-order valence-electron chi connectivity index (χ1n) is 5.17. The van der Waals surface area contributed by atoms with Crippen molar-refractivity contribution in [1.29, 1.82) is 0 Å². The predicted octanol–water partition coefficient (Wildman–Crippen LogP) is 1.27. The van der Waals surface area contributed by atoms with Crippen molar-refractivity contribution in [3.05, 3.63) is 47.8 Å². The lowest BCUT2D eigenvalue weighted by atomic mass is 10.1. The summed E-state index contributed by atoms with van der Waals surface area (Å²) in [5, 5.41) is 10.2. The molecule has 0 spiro atoms. The highest BCUT2D eigenvalue weighted by atomic mass is 16.5. The van der Waals surface area contributed by atoms with Gasteiger partial charge in [-0.05, 0) is 19.1 Å². The zero-order valence-electron chi connectivity index (χ0n) is 9.66. The molecule has 0 aliphatic rings. The first kappa shape index (κ1) is 11.5. The minimum Gasteiger partial charge on any atom is -0.495 e. The SMILES string of the molecule is COc1cncc(C(O)c2ccnc(C)n2)c1. The van der Waals surface area contributed by atoms with Crippen LogP contribution in [0.15, 0.2) is 30.7 Å². The molecule has 1 atom stereocenters. The third-order valence-corrected chi connectivity index (χ3v) is 2.36. The van der Waals surface area contributed by atoms with Gasteiger partial charge in [-0.15, -0.1) is 0 Å². The monoisotopic (exact) mass is 231 g/mol. The number of pyridine rings is 1. The average molecular weight is 231 g/mol. The zero-order valence-corrected chi connectivity index (χ0v) is 9.66. The summed E-state index contributed by atoms with van der Waals surface area (Å²) in [5.41, 5.74) is 1.19. The molecule has 0 fully saturated rings. The fraction of sp³-hybridized carbons (Fsp3) is 0.250. The number of aliphatic hydroxyl groups is 1. The Morgan fingerprint density at radius 2 is 2.18 bits per heavy atom. The average Bonchev–Trinajstić information content (AvgIpc) is 2.38. The van der Waals surface area contributed by atoms with Crippen molar-refractivity contribution in [1.82, 2.24) is 15.0 Å². The number of hydrogen-bond acceptors (Lipinski definition) is 5. The summed E-state index contributed by atoms with van der Waals surface area (Å²) in [6.45, 7) is 1.78. The Morgan fingerprint density at radius 1 is 1.35 bits per heavy atom. The van der Waals surface area contributed by atoms with E-state index in [2.05, 4.69) is 15.0 Å². The van der Waals surface area contributed by atoms with E-state index in [4.69, 9.17) is 4.74 Å². The smallest absolute Gasteiger partial charge is 0.137 e. The van der Waals surface area contributed by atoms with Crippen molar-refractivity contribution in [3.63, 3.8) is 0 Å². The van der Waals surface area contributed by atoms with Gasteiger partial charge in [-0.1, -0.05) is 0 Å². The summed E-state index contributed by atoms with van der Waals surface area (Å²) in [6.07, 6.45) is 3.97. The largest absolute Gasteiger partial charge is 0.495 e. The van der Waals surface area contributed by atoms with Gasteiger partial charge in [-0.25, -0.2) is 9.97 Å². The van der Waals surface area contributed by atoms with Crippen molar-refractivity contribution in [2.45, 2.75) is 13.0 Å². The van der Waals surface area contributed by atoms with Crippen LogP contribution in [0.3, 0.4) is 0 Å². The maximum atomic E-state index is 10.2. The van der Waals surface area contributed by atoms with Crippen molar-refractivity contribution in [2.24, 2.45) is 0 Å². The molecule has 0 aliphatic carbocycles. The van der Waals surface area contributed by atoms with Crippen LogP contribution in [0.25, 0.3) is 0 Å². The van der Waals surface area contributed by atoms with Gasteiger partial charge in [0.1, 0.15) is 17.7 Å². The standard InChI is InChI=1S/C12H13N3O2/c1-8-14-4-3-11(15-8)12(16)9-5-10(17-2)7-13-6-9/h3-7,12,16H,1-2H3. The maximum Gasteiger partial charge on any atom is 0.137 e. The van der Waals surface area contributed by atoms with Crippen LogP contribution in [-0.4, -0.2) is 27.2 Å². The van der Waals surface area contributed by atoms with Gasteiger partial charge in [0.25, 0.3) is 0 Å². The molecule has 2 aromatic heterocycles. The Morgan fingerprint density at radius 3 is 2.88 bits per heavy atom. The molecule has 17 heavy (non-hydrogen) atoms. The van der Waals surface area contributed by atoms with E-state index in [1.54, 1.807) is 44.8 Å². The molecule has 0 radical (unpaired) electrons. The van der Waals surface area contributed by atoms with E-state index in [1.807, 2.05) is 0 Å². The van der Waals surface area contributed by atoms with Crippen molar-refractivity contribution in [2.75, 3.05) is 7.11 Å².